The van der Waals surface area contributed by atoms with E-state index in [1.807, 2.05) is 25.1 Å². The van der Waals surface area contributed by atoms with E-state index < -0.39 is 0 Å². The van der Waals surface area contributed by atoms with Crippen molar-refractivity contribution in [3.8, 4) is 0 Å². The number of nitrogens with one attached hydrogen (secondary N) is 1. The van der Waals surface area contributed by atoms with Crippen LogP contribution in [0.15, 0.2) is 12.3 Å². The van der Waals surface area contributed by atoms with Gasteiger partial charge in [0.15, 0.2) is 0 Å². The molecule has 0 saturated carbocycles. The minimum absolute atomic E-state index is 0.0580. The maximum atomic E-state index is 5.82. The number of aromatic nitrogens is 2. The summed E-state index contributed by atoms with van der Waals surface area (Å²) in [5.41, 5.74) is 5.82. The number of nitrogens with two attached hydrogens (primary N) is 1. The first-order valence-corrected chi connectivity index (χ1v) is 5.62. The highest BCUT2D eigenvalue weighted by Crippen LogP contribution is 2.07. The van der Waals surface area contributed by atoms with Gasteiger partial charge in [0.25, 0.3) is 0 Å². The monoisotopic (exact) mass is 239 g/mol. The number of ether oxygens (including phenoxy) is 1. The van der Waals surface area contributed by atoms with Crippen LogP contribution in [-0.2, 0) is 4.74 Å². The van der Waals surface area contributed by atoms with E-state index in [4.69, 9.17) is 10.5 Å². The molecular formula is C11H21N5O. The normalized spacial score (nSPS) is 12.2. The maximum Gasteiger partial charge on any atom is 0.226 e. The summed E-state index contributed by atoms with van der Waals surface area (Å²) in [6, 6.07) is 1.90. The first-order chi connectivity index (χ1) is 8.13. The minimum atomic E-state index is 0.0580. The van der Waals surface area contributed by atoms with Gasteiger partial charge in [-0.25, -0.2) is 4.98 Å². The molecule has 0 bridgehead atoms. The molecular weight excluding hydrogens is 218 g/mol. The van der Waals surface area contributed by atoms with Gasteiger partial charge in [-0.15, -0.1) is 0 Å². The number of hydrogen-bond acceptors (Lipinski definition) is 6. The van der Waals surface area contributed by atoms with E-state index in [1.54, 1.807) is 13.3 Å². The molecule has 0 saturated heterocycles. The van der Waals surface area contributed by atoms with E-state index >= 15 is 0 Å². The topological polar surface area (TPSA) is 76.3 Å². The molecule has 96 valence electrons. The third-order valence-electron chi connectivity index (χ3n) is 2.24. The molecule has 17 heavy (non-hydrogen) atoms. The summed E-state index contributed by atoms with van der Waals surface area (Å²) < 4.78 is 4.97. The van der Waals surface area contributed by atoms with Gasteiger partial charge in [0.2, 0.25) is 5.95 Å². The van der Waals surface area contributed by atoms with E-state index in [2.05, 4.69) is 15.3 Å². The largest absolute Gasteiger partial charge is 0.383 e. The second-order valence-corrected chi connectivity index (χ2v) is 4.07. The molecule has 1 aromatic rings. The van der Waals surface area contributed by atoms with Crippen molar-refractivity contribution in [1.29, 1.82) is 0 Å². The zero-order valence-electron chi connectivity index (χ0n) is 10.7. The number of anilines is 2. The van der Waals surface area contributed by atoms with Crippen LogP contribution in [0.4, 0.5) is 11.8 Å². The first-order valence-electron chi connectivity index (χ1n) is 5.62. The quantitative estimate of drug-likeness (QED) is 0.713. The van der Waals surface area contributed by atoms with Crippen LogP contribution in [0.5, 0.6) is 0 Å². The van der Waals surface area contributed by atoms with Crippen LogP contribution in [0, 0.1) is 0 Å². The van der Waals surface area contributed by atoms with Gasteiger partial charge in [-0.05, 0) is 12.5 Å². The van der Waals surface area contributed by atoms with Gasteiger partial charge in [0.05, 0.1) is 6.61 Å². The van der Waals surface area contributed by atoms with E-state index in [9.17, 15) is 0 Å². The summed E-state index contributed by atoms with van der Waals surface area (Å²) in [7, 11) is 5.47. The van der Waals surface area contributed by atoms with Gasteiger partial charge in [0, 0.05) is 40.0 Å². The molecule has 0 aromatic carbocycles. The summed E-state index contributed by atoms with van der Waals surface area (Å²) in [5.74, 6) is 1.50. The lowest BCUT2D eigenvalue weighted by atomic mass is 10.2. The van der Waals surface area contributed by atoms with Crippen molar-refractivity contribution in [2.45, 2.75) is 12.5 Å². The van der Waals surface area contributed by atoms with E-state index in [1.165, 1.54) is 0 Å². The van der Waals surface area contributed by atoms with Crippen LogP contribution < -0.4 is 16.0 Å². The number of rotatable bonds is 7. The molecule has 0 aliphatic heterocycles. The fraction of sp³-hybridized carbons (Fsp3) is 0.636. The first kappa shape index (κ1) is 13.7. The molecule has 0 fully saturated rings. The Balaban J connectivity index is 2.38. The standard InChI is InChI=1S/C11H21N5O/c1-16(2)11-14-7-5-10(15-11)13-6-4-9(12)8-17-3/h5,7,9H,4,6,8,12H2,1-3H3,(H,13,14,15). The third-order valence-corrected chi connectivity index (χ3v) is 2.24. The van der Waals surface area contributed by atoms with E-state index in [0.717, 1.165) is 18.8 Å². The molecule has 6 nitrogen and oxygen atoms in total. The molecule has 6 heteroatoms. The molecule has 0 radical (unpaired) electrons. The van der Waals surface area contributed by atoms with Gasteiger partial charge in [-0.2, -0.15) is 4.98 Å². The van der Waals surface area contributed by atoms with Crippen LogP contribution in [-0.4, -0.2) is 50.4 Å². The van der Waals surface area contributed by atoms with Crippen LogP contribution in [0.3, 0.4) is 0 Å². The second-order valence-electron chi connectivity index (χ2n) is 4.07. The van der Waals surface area contributed by atoms with Gasteiger partial charge in [-0.1, -0.05) is 0 Å². The highest BCUT2D eigenvalue weighted by molar-refractivity contribution is 5.40. The Hall–Kier alpha value is -1.40. The van der Waals surface area contributed by atoms with Gasteiger partial charge in [0.1, 0.15) is 5.82 Å². The molecule has 1 atom stereocenters. The average molecular weight is 239 g/mol. The molecule has 1 heterocycles. The molecule has 0 aliphatic carbocycles. The lowest BCUT2D eigenvalue weighted by Crippen LogP contribution is -2.28. The molecule has 1 rings (SSSR count). The van der Waals surface area contributed by atoms with Crippen LogP contribution >= 0.6 is 0 Å². The molecule has 1 unspecified atom stereocenters. The van der Waals surface area contributed by atoms with E-state index in [0.29, 0.717) is 12.6 Å². The highest BCUT2D eigenvalue weighted by atomic mass is 16.5. The van der Waals surface area contributed by atoms with Gasteiger partial charge in [-0.3, -0.25) is 0 Å². The van der Waals surface area contributed by atoms with Crippen molar-refractivity contribution in [2.24, 2.45) is 5.73 Å². The van der Waals surface area contributed by atoms with Gasteiger partial charge < -0.3 is 20.7 Å². The molecule has 0 amide bonds. The zero-order valence-corrected chi connectivity index (χ0v) is 10.7. The number of nitrogens with zero attached hydrogens (tertiary/aromatic N) is 3. The summed E-state index contributed by atoms with van der Waals surface area (Å²) in [6.07, 6.45) is 2.58. The average Bonchev–Trinajstić information content (AvgIpc) is 2.30. The highest BCUT2D eigenvalue weighted by Gasteiger charge is 2.03. The minimum Gasteiger partial charge on any atom is -0.383 e. The van der Waals surface area contributed by atoms with E-state index in [-0.39, 0.29) is 6.04 Å². The Bertz CT molecular complexity index is 331. The predicted octanol–water partition coefficient (Wildman–Crippen LogP) is 0.318. The number of hydrogen-bond donors (Lipinski definition) is 2. The van der Waals surface area contributed by atoms with Crippen LogP contribution in [0.25, 0.3) is 0 Å². The van der Waals surface area contributed by atoms with Crippen molar-refractivity contribution < 1.29 is 4.74 Å². The Morgan fingerprint density at radius 1 is 1.53 bits per heavy atom. The predicted molar refractivity (Wildman–Crippen MR) is 69.3 cm³/mol. The van der Waals surface area contributed by atoms with Crippen LogP contribution in [0.2, 0.25) is 0 Å². The van der Waals surface area contributed by atoms with Crippen molar-refractivity contribution in [2.75, 3.05) is 44.6 Å². The SMILES string of the molecule is COCC(N)CCNc1ccnc(N(C)C)n1. The Kier molecular flexibility index (Phi) is 5.65. The zero-order chi connectivity index (χ0) is 12.7. The Morgan fingerprint density at radius 2 is 2.29 bits per heavy atom. The Labute approximate surface area is 102 Å². The van der Waals surface area contributed by atoms with Gasteiger partial charge >= 0.3 is 0 Å². The maximum absolute atomic E-state index is 5.82. The van der Waals surface area contributed by atoms with Crippen molar-refractivity contribution in [3.63, 3.8) is 0 Å². The fourth-order valence-corrected chi connectivity index (χ4v) is 1.35. The lowest BCUT2D eigenvalue weighted by Gasteiger charge is -2.13. The third kappa shape index (κ3) is 4.97. The molecule has 1 aromatic heterocycles. The summed E-state index contributed by atoms with van der Waals surface area (Å²) >= 11 is 0. The summed E-state index contributed by atoms with van der Waals surface area (Å²) in [4.78, 5) is 10.4. The fourth-order valence-electron chi connectivity index (χ4n) is 1.35. The summed E-state index contributed by atoms with van der Waals surface area (Å²) in [6.45, 7) is 1.35. The second kappa shape index (κ2) is 7.03. The molecule has 3 N–H and O–H groups in total. The van der Waals surface area contributed by atoms with Crippen molar-refractivity contribution in [3.05, 3.63) is 12.3 Å². The molecule has 0 aliphatic rings. The molecule has 0 spiro atoms. The van der Waals surface area contributed by atoms with Crippen LogP contribution in [0.1, 0.15) is 6.42 Å². The van der Waals surface area contributed by atoms with Crippen molar-refractivity contribution in [1.82, 2.24) is 9.97 Å². The smallest absolute Gasteiger partial charge is 0.226 e. The Morgan fingerprint density at radius 3 is 2.94 bits per heavy atom. The lowest BCUT2D eigenvalue weighted by molar-refractivity contribution is 0.178. The van der Waals surface area contributed by atoms with Crippen molar-refractivity contribution >= 4 is 11.8 Å². The summed E-state index contributed by atoms with van der Waals surface area (Å²) in [5, 5.41) is 3.22. The number of methoxy groups -OCH3 is 1.